The van der Waals surface area contributed by atoms with Crippen molar-refractivity contribution in [1.29, 1.82) is 0 Å². The van der Waals surface area contributed by atoms with Gasteiger partial charge in [-0.05, 0) is 24.3 Å². The number of nitrogens with one attached hydrogen (secondary N) is 1. The van der Waals surface area contributed by atoms with Gasteiger partial charge in [-0.15, -0.1) is 0 Å². The molecular weight excluding hydrogens is 360 g/mol. The maximum Gasteiger partial charge on any atom is 0.317 e. The van der Waals surface area contributed by atoms with Gasteiger partial charge in [-0.3, -0.25) is 9.59 Å². The molecule has 0 radical (unpaired) electrons. The lowest BCUT2D eigenvalue weighted by molar-refractivity contribution is -0.137. The number of rotatable bonds is 6. The SMILES string of the molecule is CN(CCC(=O)O)C(=O)NCC(=O)N1CCN(c2ccc(Cl)cc2)CC1. The lowest BCUT2D eigenvalue weighted by Crippen LogP contribution is -2.52. The monoisotopic (exact) mass is 382 g/mol. The predicted octanol–water partition coefficient (Wildman–Crippen LogP) is 1.10. The van der Waals surface area contributed by atoms with Gasteiger partial charge in [-0.1, -0.05) is 11.6 Å². The second kappa shape index (κ2) is 9.28. The van der Waals surface area contributed by atoms with Crippen LogP contribution in [0.3, 0.4) is 0 Å². The van der Waals surface area contributed by atoms with Gasteiger partial charge >= 0.3 is 12.0 Å². The van der Waals surface area contributed by atoms with Gasteiger partial charge < -0.3 is 25.1 Å². The van der Waals surface area contributed by atoms with E-state index >= 15 is 0 Å². The van der Waals surface area contributed by atoms with Crippen LogP contribution in [0, 0.1) is 0 Å². The Balaban J connectivity index is 1.73. The number of hydrogen-bond donors (Lipinski definition) is 2. The van der Waals surface area contributed by atoms with Crippen LogP contribution < -0.4 is 10.2 Å². The van der Waals surface area contributed by atoms with Crippen molar-refractivity contribution < 1.29 is 19.5 Å². The largest absolute Gasteiger partial charge is 0.481 e. The van der Waals surface area contributed by atoms with E-state index in [9.17, 15) is 14.4 Å². The number of carboxylic acids is 1. The fourth-order valence-corrected chi connectivity index (χ4v) is 2.75. The van der Waals surface area contributed by atoms with E-state index in [-0.39, 0.29) is 25.4 Å². The maximum absolute atomic E-state index is 12.2. The second-order valence-corrected chi connectivity index (χ2v) is 6.50. The highest BCUT2D eigenvalue weighted by atomic mass is 35.5. The molecular formula is C17H23ClN4O4. The second-order valence-electron chi connectivity index (χ2n) is 6.07. The first-order valence-electron chi connectivity index (χ1n) is 8.36. The number of anilines is 1. The number of piperazine rings is 1. The molecule has 0 aliphatic carbocycles. The summed E-state index contributed by atoms with van der Waals surface area (Å²) in [4.78, 5) is 39.7. The van der Waals surface area contributed by atoms with E-state index in [1.807, 2.05) is 24.3 Å². The molecule has 1 aliphatic rings. The molecule has 26 heavy (non-hydrogen) atoms. The number of aliphatic carboxylic acids is 1. The summed E-state index contributed by atoms with van der Waals surface area (Å²) in [6.07, 6.45) is -0.134. The van der Waals surface area contributed by atoms with Gasteiger partial charge in [0.2, 0.25) is 5.91 Å². The van der Waals surface area contributed by atoms with Crippen molar-refractivity contribution >= 4 is 35.2 Å². The highest BCUT2D eigenvalue weighted by Gasteiger charge is 2.22. The summed E-state index contributed by atoms with van der Waals surface area (Å²) in [5, 5.41) is 11.8. The van der Waals surface area contributed by atoms with E-state index in [0.717, 1.165) is 5.69 Å². The number of urea groups is 1. The molecule has 9 heteroatoms. The average Bonchev–Trinajstić information content (AvgIpc) is 2.64. The number of hydrogen-bond acceptors (Lipinski definition) is 4. The maximum atomic E-state index is 12.2. The Morgan fingerprint density at radius 3 is 2.35 bits per heavy atom. The van der Waals surface area contributed by atoms with Crippen LogP contribution in [0.2, 0.25) is 5.02 Å². The van der Waals surface area contributed by atoms with Crippen LogP contribution in [0.4, 0.5) is 10.5 Å². The quantitative estimate of drug-likeness (QED) is 0.768. The molecule has 0 unspecified atom stereocenters. The molecule has 142 valence electrons. The zero-order chi connectivity index (χ0) is 19.1. The molecule has 0 spiro atoms. The molecule has 8 nitrogen and oxygen atoms in total. The van der Waals surface area contributed by atoms with Crippen LogP contribution in [0.5, 0.6) is 0 Å². The molecule has 1 heterocycles. The van der Waals surface area contributed by atoms with Gasteiger partial charge in [-0.2, -0.15) is 0 Å². The van der Waals surface area contributed by atoms with Crippen molar-refractivity contribution in [2.75, 3.05) is 51.2 Å². The zero-order valence-corrected chi connectivity index (χ0v) is 15.4. The van der Waals surface area contributed by atoms with Crippen molar-refractivity contribution in [3.8, 4) is 0 Å². The average molecular weight is 383 g/mol. The number of carbonyl (C=O) groups excluding carboxylic acids is 2. The van der Waals surface area contributed by atoms with E-state index in [1.54, 1.807) is 4.90 Å². The van der Waals surface area contributed by atoms with Crippen molar-refractivity contribution in [3.05, 3.63) is 29.3 Å². The van der Waals surface area contributed by atoms with Crippen LogP contribution in [-0.4, -0.2) is 79.1 Å². The topological polar surface area (TPSA) is 93.2 Å². The van der Waals surface area contributed by atoms with Crippen LogP contribution in [0.15, 0.2) is 24.3 Å². The highest BCUT2D eigenvalue weighted by molar-refractivity contribution is 6.30. The molecule has 0 saturated carbocycles. The Hall–Kier alpha value is -2.48. The summed E-state index contributed by atoms with van der Waals surface area (Å²) < 4.78 is 0. The highest BCUT2D eigenvalue weighted by Crippen LogP contribution is 2.19. The Morgan fingerprint density at radius 1 is 1.15 bits per heavy atom. The summed E-state index contributed by atoms with van der Waals surface area (Å²) in [6, 6.07) is 7.12. The minimum atomic E-state index is -0.973. The van der Waals surface area contributed by atoms with Gasteiger partial charge in [-0.25, -0.2) is 4.79 Å². The first-order chi connectivity index (χ1) is 12.4. The van der Waals surface area contributed by atoms with Crippen molar-refractivity contribution in [3.63, 3.8) is 0 Å². The fourth-order valence-electron chi connectivity index (χ4n) is 2.63. The van der Waals surface area contributed by atoms with E-state index in [4.69, 9.17) is 16.7 Å². The Labute approximate surface area is 157 Å². The first-order valence-corrected chi connectivity index (χ1v) is 8.73. The standard InChI is InChI=1S/C17H23ClN4O4/c1-20(7-6-16(24)25)17(26)19-12-15(23)22-10-8-21(9-11-22)14-4-2-13(18)3-5-14/h2-5H,6-12H2,1H3,(H,19,26)(H,24,25). The number of carboxylic acid groups (broad SMARTS) is 1. The third kappa shape index (κ3) is 5.80. The zero-order valence-electron chi connectivity index (χ0n) is 14.7. The Morgan fingerprint density at radius 2 is 1.77 bits per heavy atom. The van der Waals surface area contributed by atoms with E-state index < -0.39 is 12.0 Å². The summed E-state index contributed by atoms with van der Waals surface area (Å²) in [5.74, 6) is -1.12. The molecule has 2 rings (SSSR count). The van der Waals surface area contributed by atoms with Gasteiger partial charge in [0.1, 0.15) is 0 Å². The van der Waals surface area contributed by atoms with E-state index in [0.29, 0.717) is 31.2 Å². The Bertz CT molecular complexity index is 645. The fraction of sp³-hybridized carbons (Fsp3) is 0.471. The number of nitrogens with zero attached hydrogens (tertiary/aromatic N) is 3. The molecule has 1 aromatic carbocycles. The van der Waals surface area contributed by atoms with Crippen molar-refractivity contribution in [2.45, 2.75) is 6.42 Å². The molecule has 0 atom stereocenters. The smallest absolute Gasteiger partial charge is 0.317 e. The third-order valence-corrected chi connectivity index (χ3v) is 4.47. The van der Waals surface area contributed by atoms with Gasteiger partial charge in [0.15, 0.2) is 0 Å². The van der Waals surface area contributed by atoms with Crippen LogP contribution in [0.1, 0.15) is 6.42 Å². The minimum Gasteiger partial charge on any atom is -0.481 e. The molecule has 1 saturated heterocycles. The Kier molecular flexibility index (Phi) is 7.08. The van der Waals surface area contributed by atoms with Crippen LogP contribution >= 0.6 is 11.6 Å². The lowest BCUT2D eigenvalue weighted by atomic mass is 10.2. The van der Waals surface area contributed by atoms with Crippen molar-refractivity contribution in [1.82, 2.24) is 15.1 Å². The molecule has 1 aromatic rings. The molecule has 0 bridgehead atoms. The number of amides is 3. The van der Waals surface area contributed by atoms with E-state index in [1.165, 1.54) is 11.9 Å². The molecule has 1 fully saturated rings. The summed E-state index contributed by atoms with van der Waals surface area (Å²) in [6.45, 7) is 2.56. The predicted molar refractivity (Wildman–Crippen MR) is 98.5 cm³/mol. The number of carbonyl (C=O) groups is 3. The van der Waals surface area contributed by atoms with Crippen molar-refractivity contribution in [2.24, 2.45) is 0 Å². The number of benzene rings is 1. The molecule has 3 amide bonds. The van der Waals surface area contributed by atoms with Crippen LogP contribution in [-0.2, 0) is 9.59 Å². The summed E-state index contributed by atoms with van der Waals surface area (Å²) in [7, 11) is 1.49. The third-order valence-electron chi connectivity index (χ3n) is 4.22. The molecule has 0 aromatic heterocycles. The first kappa shape index (κ1) is 19.8. The number of halogens is 1. The lowest BCUT2D eigenvalue weighted by Gasteiger charge is -2.36. The minimum absolute atomic E-state index is 0.0924. The van der Waals surface area contributed by atoms with Gasteiger partial charge in [0.25, 0.3) is 0 Å². The summed E-state index contributed by atoms with van der Waals surface area (Å²) in [5.41, 5.74) is 1.06. The van der Waals surface area contributed by atoms with E-state index in [2.05, 4.69) is 10.2 Å². The van der Waals surface area contributed by atoms with Crippen LogP contribution in [0.25, 0.3) is 0 Å². The molecule has 1 aliphatic heterocycles. The van der Waals surface area contributed by atoms with Gasteiger partial charge in [0, 0.05) is 50.5 Å². The molecule has 2 N–H and O–H groups in total. The summed E-state index contributed by atoms with van der Waals surface area (Å²) >= 11 is 5.89. The normalized spacial score (nSPS) is 14.1. The van der Waals surface area contributed by atoms with Gasteiger partial charge in [0.05, 0.1) is 13.0 Å².